The van der Waals surface area contributed by atoms with Gasteiger partial charge in [0, 0.05) is 30.6 Å². The van der Waals surface area contributed by atoms with E-state index in [0.29, 0.717) is 30.0 Å². The number of sulfonamides is 1. The van der Waals surface area contributed by atoms with Gasteiger partial charge in [0.15, 0.2) is 4.80 Å². The van der Waals surface area contributed by atoms with E-state index < -0.39 is 10.0 Å². The average Bonchev–Trinajstić information content (AvgIpc) is 3.26. The Morgan fingerprint density at radius 2 is 1.58 bits per heavy atom. The molecule has 36 heavy (non-hydrogen) atoms. The van der Waals surface area contributed by atoms with Crippen molar-refractivity contribution in [3.8, 4) is 0 Å². The van der Waals surface area contributed by atoms with Crippen molar-refractivity contribution in [1.29, 1.82) is 0 Å². The Bertz CT molecular complexity index is 1530. The van der Waals surface area contributed by atoms with Gasteiger partial charge in [-0.2, -0.15) is 9.30 Å². The van der Waals surface area contributed by atoms with Crippen LogP contribution in [0.4, 0.5) is 0 Å². The van der Waals surface area contributed by atoms with E-state index >= 15 is 0 Å². The molecule has 4 rings (SSSR count). The first-order chi connectivity index (χ1) is 17.4. The van der Waals surface area contributed by atoms with E-state index in [-0.39, 0.29) is 10.8 Å². The van der Waals surface area contributed by atoms with E-state index in [1.807, 2.05) is 23.6 Å². The molecule has 1 heterocycles. The highest BCUT2D eigenvalue weighted by Crippen LogP contribution is 2.27. The quantitative estimate of drug-likeness (QED) is 0.248. The predicted octanol–water partition coefficient (Wildman–Crippen LogP) is 6.21. The van der Waals surface area contributed by atoms with Crippen LogP contribution in [-0.4, -0.2) is 36.3 Å². The smallest absolute Gasteiger partial charge is 0.279 e. The van der Waals surface area contributed by atoms with Crippen LogP contribution in [0.5, 0.6) is 0 Å². The molecule has 1 amide bonds. The van der Waals surface area contributed by atoms with Crippen molar-refractivity contribution < 1.29 is 13.2 Å². The Kier molecular flexibility index (Phi) is 8.39. The number of carbonyl (C=O) groups excluding carboxylic acids is 1. The lowest BCUT2D eigenvalue weighted by Crippen LogP contribution is -2.33. The van der Waals surface area contributed by atoms with Gasteiger partial charge in [-0.25, -0.2) is 8.42 Å². The van der Waals surface area contributed by atoms with E-state index in [2.05, 4.69) is 43.1 Å². The number of hydrogen-bond acceptors (Lipinski definition) is 4. The molecular weight excluding hydrogens is 490 g/mol. The van der Waals surface area contributed by atoms with Crippen LogP contribution < -0.4 is 4.80 Å². The molecular formula is C28H33N3O3S2. The lowest BCUT2D eigenvalue weighted by atomic mass is 10.1. The standard InChI is InChI=1S/C28H33N3O3S2/c1-4-7-19-30(20-8-5-2)36(33,34)23-16-13-22(14-17-23)27(32)29-28-31(6-3)25-18-15-21-11-9-10-12-24(21)26(25)35-28/h9-18H,4-8,19-20H2,1-3H3. The number of carbonyl (C=O) groups is 1. The predicted molar refractivity (Wildman–Crippen MR) is 148 cm³/mol. The molecule has 0 aliphatic rings. The molecule has 8 heteroatoms. The van der Waals surface area contributed by atoms with Gasteiger partial charge in [0.05, 0.1) is 15.1 Å². The highest BCUT2D eigenvalue weighted by molar-refractivity contribution is 7.89. The van der Waals surface area contributed by atoms with Gasteiger partial charge in [-0.1, -0.05) is 68.4 Å². The first-order valence-electron chi connectivity index (χ1n) is 12.6. The molecule has 0 spiro atoms. The fourth-order valence-corrected chi connectivity index (χ4v) is 7.03. The van der Waals surface area contributed by atoms with E-state index in [1.54, 1.807) is 16.4 Å². The van der Waals surface area contributed by atoms with E-state index in [1.165, 1.54) is 23.5 Å². The molecule has 0 aliphatic carbocycles. The molecule has 0 aliphatic heterocycles. The third-order valence-electron chi connectivity index (χ3n) is 6.35. The van der Waals surface area contributed by atoms with Crippen molar-refractivity contribution in [2.75, 3.05) is 13.1 Å². The van der Waals surface area contributed by atoms with Gasteiger partial charge < -0.3 is 4.57 Å². The number of amides is 1. The summed E-state index contributed by atoms with van der Waals surface area (Å²) in [4.78, 5) is 18.3. The Labute approximate surface area is 217 Å². The number of nitrogens with zero attached hydrogens (tertiary/aromatic N) is 3. The topological polar surface area (TPSA) is 71.7 Å². The number of fused-ring (bicyclic) bond motifs is 3. The summed E-state index contributed by atoms with van der Waals surface area (Å²) in [5, 5.41) is 2.29. The van der Waals surface area contributed by atoms with E-state index in [0.717, 1.165) is 46.7 Å². The minimum atomic E-state index is -3.61. The van der Waals surface area contributed by atoms with Crippen molar-refractivity contribution >= 4 is 48.3 Å². The maximum Gasteiger partial charge on any atom is 0.279 e. The third-order valence-corrected chi connectivity index (χ3v) is 9.39. The van der Waals surface area contributed by atoms with Crippen LogP contribution in [0.1, 0.15) is 56.8 Å². The molecule has 0 saturated carbocycles. The van der Waals surface area contributed by atoms with Gasteiger partial charge >= 0.3 is 0 Å². The molecule has 0 radical (unpaired) electrons. The van der Waals surface area contributed by atoms with Crippen LogP contribution in [0.2, 0.25) is 0 Å². The molecule has 0 unspecified atom stereocenters. The lowest BCUT2D eigenvalue weighted by molar-refractivity contribution is 0.0997. The summed E-state index contributed by atoms with van der Waals surface area (Å²) in [7, 11) is -3.61. The minimum absolute atomic E-state index is 0.211. The Morgan fingerprint density at radius 3 is 2.22 bits per heavy atom. The number of aryl methyl sites for hydroxylation is 1. The lowest BCUT2D eigenvalue weighted by Gasteiger charge is -2.22. The fraction of sp³-hybridized carbons (Fsp3) is 0.357. The van der Waals surface area contributed by atoms with Crippen molar-refractivity contribution in [3.05, 3.63) is 71.0 Å². The molecule has 6 nitrogen and oxygen atoms in total. The second kappa shape index (κ2) is 11.5. The Balaban J connectivity index is 1.66. The zero-order valence-electron chi connectivity index (χ0n) is 21.1. The molecule has 1 aromatic heterocycles. The van der Waals surface area contributed by atoms with Crippen LogP contribution in [0.3, 0.4) is 0 Å². The van der Waals surface area contributed by atoms with Gasteiger partial charge in [0.1, 0.15) is 0 Å². The molecule has 0 atom stereocenters. The SMILES string of the molecule is CCCCN(CCCC)S(=O)(=O)c1ccc(C(=O)N=c2sc3c4ccccc4ccc3n2CC)cc1. The molecule has 0 saturated heterocycles. The first kappa shape index (κ1) is 26.3. The van der Waals surface area contributed by atoms with E-state index in [9.17, 15) is 13.2 Å². The van der Waals surface area contributed by atoms with Crippen molar-refractivity contribution in [2.24, 2.45) is 4.99 Å². The fourth-order valence-electron chi connectivity index (χ4n) is 4.28. The van der Waals surface area contributed by atoms with Gasteiger partial charge in [0.2, 0.25) is 10.0 Å². The highest BCUT2D eigenvalue weighted by atomic mass is 32.2. The second-order valence-electron chi connectivity index (χ2n) is 8.82. The van der Waals surface area contributed by atoms with Gasteiger partial charge in [0.25, 0.3) is 5.91 Å². The van der Waals surface area contributed by atoms with Crippen LogP contribution in [0, 0.1) is 0 Å². The Hall–Kier alpha value is -2.81. The molecule has 0 N–H and O–H groups in total. The van der Waals surface area contributed by atoms with Crippen molar-refractivity contribution in [3.63, 3.8) is 0 Å². The number of benzene rings is 3. The number of rotatable bonds is 10. The van der Waals surface area contributed by atoms with Crippen LogP contribution >= 0.6 is 11.3 Å². The summed E-state index contributed by atoms with van der Waals surface area (Å²) in [5.74, 6) is -0.383. The maximum atomic E-state index is 13.2. The zero-order valence-corrected chi connectivity index (χ0v) is 22.7. The van der Waals surface area contributed by atoms with Crippen molar-refractivity contribution in [2.45, 2.75) is 57.9 Å². The average molecular weight is 524 g/mol. The summed E-state index contributed by atoms with van der Waals surface area (Å²) in [6.07, 6.45) is 3.50. The summed E-state index contributed by atoms with van der Waals surface area (Å²) in [6, 6.07) is 18.5. The molecule has 0 fully saturated rings. The summed E-state index contributed by atoms with van der Waals surface area (Å²) in [5.41, 5.74) is 1.42. The number of hydrogen-bond donors (Lipinski definition) is 0. The first-order valence-corrected chi connectivity index (χ1v) is 14.9. The molecule has 190 valence electrons. The molecule has 0 bridgehead atoms. The maximum absolute atomic E-state index is 13.2. The van der Waals surface area contributed by atoms with Gasteiger partial charge in [-0.05, 0) is 55.5 Å². The Morgan fingerprint density at radius 1 is 0.917 bits per heavy atom. The van der Waals surface area contributed by atoms with E-state index in [4.69, 9.17) is 0 Å². The second-order valence-corrected chi connectivity index (χ2v) is 11.7. The number of thiazole rings is 1. The zero-order chi connectivity index (χ0) is 25.7. The van der Waals surface area contributed by atoms with Crippen LogP contribution in [0.15, 0.2) is 70.6 Å². The normalized spacial score (nSPS) is 12.7. The van der Waals surface area contributed by atoms with Crippen LogP contribution in [-0.2, 0) is 16.6 Å². The molecule has 4 aromatic rings. The van der Waals surface area contributed by atoms with Gasteiger partial charge in [-0.15, -0.1) is 0 Å². The summed E-state index contributed by atoms with van der Waals surface area (Å²) < 4.78 is 31.2. The van der Waals surface area contributed by atoms with Crippen LogP contribution in [0.25, 0.3) is 21.0 Å². The molecule has 3 aromatic carbocycles. The largest absolute Gasteiger partial charge is 0.317 e. The van der Waals surface area contributed by atoms with Gasteiger partial charge in [-0.3, -0.25) is 4.79 Å². The summed E-state index contributed by atoms with van der Waals surface area (Å²) >= 11 is 1.50. The number of unbranched alkanes of at least 4 members (excludes halogenated alkanes) is 2. The number of aromatic nitrogens is 1. The minimum Gasteiger partial charge on any atom is -0.317 e. The monoisotopic (exact) mass is 523 g/mol. The third kappa shape index (κ3) is 5.31. The van der Waals surface area contributed by atoms with Crippen molar-refractivity contribution in [1.82, 2.24) is 8.87 Å². The summed E-state index contributed by atoms with van der Waals surface area (Å²) in [6.45, 7) is 7.84. The highest BCUT2D eigenvalue weighted by Gasteiger charge is 2.23.